The van der Waals surface area contributed by atoms with Crippen molar-refractivity contribution < 1.29 is 9.53 Å². The van der Waals surface area contributed by atoms with Gasteiger partial charge in [-0.05, 0) is 43.5 Å². The third-order valence-corrected chi connectivity index (χ3v) is 4.82. The Morgan fingerprint density at radius 1 is 1.15 bits per heavy atom. The maximum atomic E-state index is 12.7. The maximum absolute atomic E-state index is 12.7. The molecule has 2 aromatic heterocycles. The monoisotopic (exact) mass is 353 g/mol. The summed E-state index contributed by atoms with van der Waals surface area (Å²) in [6.45, 7) is 2.88. The molecule has 0 spiro atoms. The fourth-order valence-corrected chi connectivity index (χ4v) is 3.13. The van der Waals surface area contributed by atoms with E-state index in [1.54, 1.807) is 24.5 Å². The lowest BCUT2D eigenvalue weighted by atomic mass is 9.93. The van der Waals surface area contributed by atoms with E-state index in [-0.39, 0.29) is 5.91 Å². The van der Waals surface area contributed by atoms with Gasteiger partial charge in [0.25, 0.3) is 5.91 Å². The Morgan fingerprint density at radius 2 is 2.00 bits per heavy atom. The highest BCUT2D eigenvalue weighted by molar-refractivity contribution is 6.06. The van der Waals surface area contributed by atoms with Crippen molar-refractivity contribution in [3.05, 3.63) is 42.2 Å². The number of rotatable bonds is 5. The second kappa shape index (κ2) is 7.70. The second-order valence-electron chi connectivity index (χ2n) is 6.63. The summed E-state index contributed by atoms with van der Waals surface area (Å²) in [4.78, 5) is 23.6. The zero-order valence-electron chi connectivity index (χ0n) is 14.6. The van der Waals surface area contributed by atoms with E-state index in [2.05, 4.69) is 25.5 Å². The van der Waals surface area contributed by atoms with Gasteiger partial charge >= 0.3 is 0 Å². The van der Waals surface area contributed by atoms with Crippen LogP contribution in [0.15, 0.2) is 36.7 Å². The SMILES string of the molecule is O=C(Nc1cccnc1N1CCOCC1)c1ccnc(NC2CCC2)c1. The highest BCUT2D eigenvalue weighted by Gasteiger charge is 2.19. The lowest BCUT2D eigenvalue weighted by molar-refractivity contribution is 0.102. The summed E-state index contributed by atoms with van der Waals surface area (Å²) in [6.07, 6.45) is 6.99. The number of nitrogens with zero attached hydrogens (tertiary/aromatic N) is 3. The first-order valence-electron chi connectivity index (χ1n) is 9.11. The Bertz CT molecular complexity index is 772. The molecule has 0 radical (unpaired) electrons. The van der Waals surface area contributed by atoms with Crippen molar-refractivity contribution in [3.63, 3.8) is 0 Å². The predicted octanol–water partition coefficient (Wildman–Crippen LogP) is 2.53. The summed E-state index contributed by atoms with van der Waals surface area (Å²) in [7, 11) is 0. The average Bonchev–Trinajstić information content (AvgIpc) is 2.66. The first-order valence-corrected chi connectivity index (χ1v) is 9.11. The molecule has 0 bridgehead atoms. The number of aromatic nitrogens is 2. The van der Waals surface area contributed by atoms with Gasteiger partial charge in [0, 0.05) is 37.1 Å². The Balaban J connectivity index is 1.48. The summed E-state index contributed by atoms with van der Waals surface area (Å²) in [5, 5.41) is 6.37. The Hall–Kier alpha value is -2.67. The minimum absolute atomic E-state index is 0.161. The van der Waals surface area contributed by atoms with E-state index < -0.39 is 0 Å². The molecule has 7 heteroatoms. The number of nitrogens with one attached hydrogen (secondary N) is 2. The smallest absolute Gasteiger partial charge is 0.255 e. The van der Waals surface area contributed by atoms with Gasteiger partial charge in [-0.1, -0.05) is 0 Å². The number of ether oxygens (including phenoxy) is 1. The van der Waals surface area contributed by atoms with E-state index in [0.717, 1.165) is 37.6 Å². The number of anilines is 3. The van der Waals surface area contributed by atoms with Crippen molar-refractivity contribution in [2.45, 2.75) is 25.3 Å². The quantitative estimate of drug-likeness (QED) is 0.860. The molecule has 1 saturated heterocycles. The lowest BCUT2D eigenvalue weighted by Gasteiger charge is -2.29. The standard InChI is InChI=1S/C19H23N5O2/c25-19(14-6-8-20-17(13-14)22-15-3-1-4-15)23-16-5-2-7-21-18(16)24-9-11-26-12-10-24/h2,5-8,13,15H,1,3-4,9-12H2,(H,20,22)(H,23,25). The highest BCUT2D eigenvalue weighted by Crippen LogP contribution is 2.25. The number of pyridine rings is 2. The number of amides is 1. The Labute approximate surface area is 152 Å². The van der Waals surface area contributed by atoms with E-state index >= 15 is 0 Å². The first-order chi connectivity index (χ1) is 12.8. The average molecular weight is 353 g/mol. The summed E-state index contributed by atoms with van der Waals surface area (Å²) >= 11 is 0. The van der Waals surface area contributed by atoms with Crippen LogP contribution in [0.2, 0.25) is 0 Å². The van der Waals surface area contributed by atoms with Gasteiger partial charge in [0.2, 0.25) is 0 Å². The molecule has 7 nitrogen and oxygen atoms in total. The van der Waals surface area contributed by atoms with Crippen LogP contribution in [0.1, 0.15) is 29.6 Å². The minimum atomic E-state index is -0.161. The van der Waals surface area contributed by atoms with Gasteiger partial charge < -0.3 is 20.3 Å². The van der Waals surface area contributed by atoms with Gasteiger partial charge in [-0.2, -0.15) is 0 Å². The van der Waals surface area contributed by atoms with Crippen LogP contribution in [0.5, 0.6) is 0 Å². The number of morpholine rings is 1. The molecule has 1 aliphatic carbocycles. The van der Waals surface area contributed by atoms with Crippen LogP contribution >= 0.6 is 0 Å². The molecule has 2 aromatic rings. The van der Waals surface area contributed by atoms with E-state index in [1.807, 2.05) is 12.1 Å². The molecule has 3 heterocycles. The van der Waals surface area contributed by atoms with Crippen LogP contribution in [0, 0.1) is 0 Å². The Morgan fingerprint density at radius 3 is 2.77 bits per heavy atom. The fraction of sp³-hybridized carbons (Fsp3) is 0.421. The van der Waals surface area contributed by atoms with E-state index in [1.165, 1.54) is 6.42 Å². The van der Waals surface area contributed by atoms with Gasteiger partial charge in [0.1, 0.15) is 5.82 Å². The van der Waals surface area contributed by atoms with Gasteiger partial charge in [-0.15, -0.1) is 0 Å². The molecule has 2 N–H and O–H groups in total. The summed E-state index contributed by atoms with van der Waals surface area (Å²) in [5.41, 5.74) is 1.29. The van der Waals surface area contributed by atoms with Crippen molar-refractivity contribution in [2.75, 3.05) is 41.8 Å². The number of carbonyl (C=O) groups excluding carboxylic acids is 1. The molecule has 0 aromatic carbocycles. The molecule has 26 heavy (non-hydrogen) atoms. The molecule has 2 aliphatic rings. The third kappa shape index (κ3) is 3.77. The normalized spacial score (nSPS) is 17.5. The minimum Gasteiger partial charge on any atom is -0.378 e. The van der Waals surface area contributed by atoms with Crippen LogP contribution in [-0.4, -0.2) is 48.2 Å². The Kier molecular flexibility index (Phi) is 4.97. The summed E-state index contributed by atoms with van der Waals surface area (Å²) in [6, 6.07) is 7.72. The fourth-order valence-electron chi connectivity index (χ4n) is 3.13. The van der Waals surface area contributed by atoms with E-state index in [4.69, 9.17) is 4.74 Å². The van der Waals surface area contributed by atoms with E-state index in [0.29, 0.717) is 30.5 Å². The molecule has 4 rings (SSSR count). The van der Waals surface area contributed by atoms with Crippen molar-refractivity contribution in [1.82, 2.24) is 9.97 Å². The van der Waals surface area contributed by atoms with Gasteiger partial charge in [-0.3, -0.25) is 4.79 Å². The number of hydrogen-bond donors (Lipinski definition) is 2. The van der Waals surface area contributed by atoms with Crippen molar-refractivity contribution in [1.29, 1.82) is 0 Å². The van der Waals surface area contributed by atoms with Crippen LogP contribution < -0.4 is 15.5 Å². The van der Waals surface area contributed by atoms with Crippen molar-refractivity contribution >= 4 is 23.2 Å². The zero-order valence-corrected chi connectivity index (χ0v) is 14.6. The van der Waals surface area contributed by atoms with Gasteiger partial charge in [-0.25, -0.2) is 9.97 Å². The molecule has 0 unspecified atom stereocenters. The molecule has 136 valence electrons. The van der Waals surface area contributed by atoms with Crippen LogP contribution in [0.4, 0.5) is 17.3 Å². The topological polar surface area (TPSA) is 79.4 Å². The lowest BCUT2D eigenvalue weighted by Crippen LogP contribution is -2.37. The number of hydrogen-bond acceptors (Lipinski definition) is 6. The predicted molar refractivity (Wildman–Crippen MR) is 101 cm³/mol. The largest absolute Gasteiger partial charge is 0.378 e. The molecule has 1 amide bonds. The summed E-state index contributed by atoms with van der Waals surface area (Å²) in [5.74, 6) is 1.37. The third-order valence-electron chi connectivity index (χ3n) is 4.82. The maximum Gasteiger partial charge on any atom is 0.255 e. The molecule has 1 saturated carbocycles. The molecular weight excluding hydrogens is 330 g/mol. The summed E-state index contributed by atoms with van der Waals surface area (Å²) < 4.78 is 5.40. The van der Waals surface area contributed by atoms with Gasteiger partial charge in [0.05, 0.1) is 18.9 Å². The zero-order chi connectivity index (χ0) is 17.8. The second-order valence-corrected chi connectivity index (χ2v) is 6.63. The first kappa shape index (κ1) is 16.8. The van der Waals surface area contributed by atoms with Crippen LogP contribution in [0.3, 0.4) is 0 Å². The van der Waals surface area contributed by atoms with Crippen molar-refractivity contribution in [2.24, 2.45) is 0 Å². The van der Waals surface area contributed by atoms with Crippen LogP contribution in [-0.2, 0) is 4.74 Å². The molecule has 2 fully saturated rings. The highest BCUT2D eigenvalue weighted by atomic mass is 16.5. The van der Waals surface area contributed by atoms with E-state index in [9.17, 15) is 4.79 Å². The van der Waals surface area contributed by atoms with Gasteiger partial charge in [0.15, 0.2) is 5.82 Å². The molecule has 1 aliphatic heterocycles. The van der Waals surface area contributed by atoms with Crippen molar-refractivity contribution in [3.8, 4) is 0 Å². The van der Waals surface area contributed by atoms with Crippen LogP contribution in [0.25, 0.3) is 0 Å². The molecular formula is C19H23N5O2. The molecule has 0 atom stereocenters. The number of carbonyl (C=O) groups is 1.